The van der Waals surface area contributed by atoms with Gasteiger partial charge in [0.2, 0.25) is 9.84 Å². The van der Waals surface area contributed by atoms with Gasteiger partial charge in [0.15, 0.2) is 11.5 Å². The number of hydrogen-bond acceptors (Lipinski definition) is 5. The smallest absolute Gasteiger partial charge is 0.216 e. The summed E-state index contributed by atoms with van der Waals surface area (Å²) in [4.78, 5) is -0.285. The molecule has 0 amide bonds. The van der Waals surface area contributed by atoms with Crippen molar-refractivity contribution in [3.05, 3.63) is 56.9 Å². The maximum absolute atomic E-state index is 12.7. The summed E-state index contributed by atoms with van der Waals surface area (Å²) in [5, 5.41) is 9.39. The third kappa shape index (κ3) is 4.03. The van der Waals surface area contributed by atoms with Gasteiger partial charge in [-0.2, -0.15) is 5.26 Å². The number of halogens is 1. The summed E-state index contributed by atoms with van der Waals surface area (Å²) >= 11 is 3.36. The number of ether oxygens (including phenoxy) is 2. The Kier molecular flexibility index (Phi) is 5.88. The van der Waals surface area contributed by atoms with E-state index in [9.17, 15) is 13.7 Å². The zero-order valence-electron chi connectivity index (χ0n) is 13.9. The Morgan fingerprint density at radius 1 is 1.12 bits per heavy atom. The van der Waals surface area contributed by atoms with Crippen molar-refractivity contribution in [3.8, 4) is 17.6 Å². The molecule has 25 heavy (non-hydrogen) atoms. The molecule has 2 rings (SSSR count). The minimum Gasteiger partial charge on any atom is -0.493 e. The Labute approximate surface area is 155 Å². The number of nitriles is 1. The molecule has 0 saturated heterocycles. The van der Waals surface area contributed by atoms with Gasteiger partial charge in [-0.25, -0.2) is 8.42 Å². The third-order valence-electron chi connectivity index (χ3n) is 3.52. The van der Waals surface area contributed by atoms with Gasteiger partial charge in [0, 0.05) is 4.47 Å². The van der Waals surface area contributed by atoms with Crippen LogP contribution in [0.3, 0.4) is 0 Å². The number of nitrogens with zero attached hydrogens (tertiary/aromatic N) is 1. The number of allylic oxidation sites excluding steroid dienone is 1. The summed E-state index contributed by atoms with van der Waals surface area (Å²) in [5.41, 5.74) is 1.42. The molecule has 0 spiro atoms. The Morgan fingerprint density at radius 3 is 2.20 bits per heavy atom. The van der Waals surface area contributed by atoms with E-state index in [1.807, 2.05) is 6.92 Å². The normalized spacial score (nSPS) is 11.7. The molecule has 0 aromatic heterocycles. The molecular weight excluding hydrogens is 406 g/mol. The molecule has 0 radical (unpaired) electrons. The lowest BCUT2D eigenvalue weighted by Crippen LogP contribution is -2.03. The number of methoxy groups -OCH3 is 2. The summed E-state index contributed by atoms with van der Waals surface area (Å²) in [5.74, 6) is 0.924. The largest absolute Gasteiger partial charge is 0.493 e. The van der Waals surface area contributed by atoms with E-state index in [0.717, 1.165) is 5.56 Å². The maximum Gasteiger partial charge on any atom is 0.216 e. The highest BCUT2D eigenvalue weighted by molar-refractivity contribution is 9.10. The fourth-order valence-corrected chi connectivity index (χ4v) is 3.72. The minimum atomic E-state index is -3.91. The van der Waals surface area contributed by atoms with E-state index in [4.69, 9.17) is 9.47 Å². The van der Waals surface area contributed by atoms with Gasteiger partial charge < -0.3 is 9.47 Å². The van der Waals surface area contributed by atoms with Crippen LogP contribution in [0.15, 0.2) is 50.7 Å². The molecule has 5 nitrogen and oxygen atoms in total. The van der Waals surface area contributed by atoms with Crippen molar-refractivity contribution in [2.45, 2.75) is 11.8 Å². The Bertz CT molecular complexity index is 958. The lowest BCUT2D eigenvalue weighted by atomic mass is 10.2. The van der Waals surface area contributed by atoms with Crippen molar-refractivity contribution >= 4 is 31.8 Å². The molecular formula is C18H16BrNO4S. The van der Waals surface area contributed by atoms with Crippen LogP contribution >= 0.6 is 15.9 Å². The molecule has 2 aromatic rings. The fraction of sp³-hybridized carbons (Fsp3) is 0.167. The van der Waals surface area contributed by atoms with Gasteiger partial charge in [0.1, 0.15) is 11.0 Å². The van der Waals surface area contributed by atoms with Gasteiger partial charge in [-0.1, -0.05) is 33.6 Å². The Balaban J connectivity index is 2.58. The first kappa shape index (κ1) is 19.0. The van der Waals surface area contributed by atoms with Crippen LogP contribution in [0.1, 0.15) is 11.1 Å². The summed E-state index contributed by atoms with van der Waals surface area (Å²) in [7, 11) is -0.929. The van der Waals surface area contributed by atoms with E-state index in [-0.39, 0.29) is 9.80 Å². The van der Waals surface area contributed by atoms with E-state index in [1.165, 1.54) is 32.4 Å². The standard InChI is InChI=1S/C18H16BrNO4S/c1-12-4-6-14(7-5-12)25(21,22)15(11-20)8-13-9-17(23-2)18(24-3)10-16(13)19/h4-10H,1-3H3. The van der Waals surface area contributed by atoms with Crippen LogP contribution in [0.4, 0.5) is 0 Å². The van der Waals surface area contributed by atoms with Gasteiger partial charge in [0.05, 0.1) is 19.1 Å². The predicted octanol–water partition coefficient (Wildman–Crippen LogP) is 4.11. The predicted molar refractivity (Wildman–Crippen MR) is 99.2 cm³/mol. The van der Waals surface area contributed by atoms with Crippen molar-refractivity contribution in [1.82, 2.24) is 0 Å². The van der Waals surface area contributed by atoms with E-state index >= 15 is 0 Å². The summed E-state index contributed by atoms with van der Waals surface area (Å²) in [6.07, 6.45) is 1.31. The van der Waals surface area contributed by atoms with Gasteiger partial charge in [0.25, 0.3) is 0 Å². The molecule has 0 N–H and O–H groups in total. The first-order valence-electron chi connectivity index (χ1n) is 7.18. The van der Waals surface area contributed by atoms with Gasteiger partial charge in [-0.15, -0.1) is 0 Å². The summed E-state index contributed by atoms with van der Waals surface area (Å²) < 4.78 is 36.4. The first-order valence-corrected chi connectivity index (χ1v) is 9.46. The molecule has 0 atom stereocenters. The van der Waals surface area contributed by atoms with Crippen molar-refractivity contribution in [2.75, 3.05) is 14.2 Å². The zero-order chi connectivity index (χ0) is 18.6. The Morgan fingerprint density at radius 2 is 1.68 bits per heavy atom. The zero-order valence-corrected chi connectivity index (χ0v) is 16.3. The van der Waals surface area contributed by atoms with Crippen LogP contribution in [0.2, 0.25) is 0 Å². The molecule has 0 aliphatic carbocycles. The molecule has 0 heterocycles. The third-order valence-corrected chi connectivity index (χ3v) is 5.89. The molecule has 130 valence electrons. The highest BCUT2D eigenvalue weighted by Crippen LogP contribution is 2.35. The van der Waals surface area contributed by atoms with Crippen molar-refractivity contribution in [2.24, 2.45) is 0 Å². The number of aryl methyl sites for hydroxylation is 1. The van der Waals surface area contributed by atoms with Crippen LogP contribution in [0, 0.1) is 18.3 Å². The van der Waals surface area contributed by atoms with Crippen LogP contribution in [-0.2, 0) is 9.84 Å². The van der Waals surface area contributed by atoms with E-state index < -0.39 is 9.84 Å². The number of benzene rings is 2. The van der Waals surface area contributed by atoms with E-state index in [0.29, 0.717) is 21.5 Å². The van der Waals surface area contributed by atoms with Crippen LogP contribution in [0.25, 0.3) is 6.08 Å². The van der Waals surface area contributed by atoms with Gasteiger partial charge >= 0.3 is 0 Å². The second-order valence-corrected chi connectivity index (χ2v) is 7.94. The highest BCUT2D eigenvalue weighted by Gasteiger charge is 2.21. The molecule has 0 fully saturated rings. The topological polar surface area (TPSA) is 76.4 Å². The number of rotatable bonds is 5. The van der Waals surface area contributed by atoms with Crippen molar-refractivity contribution in [3.63, 3.8) is 0 Å². The fourth-order valence-electron chi connectivity index (χ4n) is 2.14. The van der Waals surface area contributed by atoms with Crippen molar-refractivity contribution in [1.29, 1.82) is 5.26 Å². The lowest BCUT2D eigenvalue weighted by Gasteiger charge is -2.10. The minimum absolute atomic E-state index is 0.0718. The van der Waals surface area contributed by atoms with Crippen LogP contribution < -0.4 is 9.47 Å². The average Bonchev–Trinajstić information content (AvgIpc) is 2.60. The number of sulfone groups is 1. The first-order chi connectivity index (χ1) is 11.8. The summed E-state index contributed by atoms with van der Waals surface area (Å²) in [6, 6.07) is 11.4. The average molecular weight is 422 g/mol. The van der Waals surface area contributed by atoms with E-state index in [1.54, 1.807) is 30.3 Å². The second-order valence-electron chi connectivity index (χ2n) is 5.17. The van der Waals surface area contributed by atoms with Gasteiger partial charge in [-0.3, -0.25) is 0 Å². The summed E-state index contributed by atoms with van der Waals surface area (Å²) in [6.45, 7) is 1.86. The highest BCUT2D eigenvalue weighted by atomic mass is 79.9. The molecule has 7 heteroatoms. The monoisotopic (exact) mass is 421 g/mol. The maximum atomic E-state index is 12.7. The molecule has 2 aromatic carbocycles. The second kappa shape index (κ2) is 7.72. The molecule has 0 unspecified atom stereocenters. The SMILES string of the molecule is COc1cc(Br)c(C=C(C#N)S(=O)(=O)c2ccc(C)cc2)cc1OC. The van der Waals surface area contributed by atoms with Crippen LogP contribution in [-0.4, -0.2) is 22.6 Å². The quantitative estimate of drug-likeness (QED) is 0.678. The molecule has 0 aliphatic rings. The van der Waals surface area contributed by atoms with Crippen LogP contribution in [0.5, 0.6) is 11.5 Å². The van der Waals surface area contributed by atoms with Gasteiger partial charge in [-0.05, 0) is 42.8 Å². The molecule has 0 aliphatic heterocycles. The number of hydrogen-bond donors (Lipinski definition) is 0. The molecule has 0 bridgehead atoms. The Hall–Kier alpha value is -2.30. The van der Waals surface area contributed by atoms with E-state index in [2.05, 4.69) is 15.9 Å². The molecule has 0 saturated carbocycles. The van der Waals surface area contributed by atoms with Crippen molar-refractivity contribution < 1.29 is 17.9 Å². The lowest BCUT2D eigenvalue weighted by molar-refractivity contribution is 0.354.